The molecule has 2 heterocycles. The van der Waals surface area contributed by atoms with Gasteiger partial charge in [0.2, 0.25) is 65.0 Å². The van der Waals surface area contributed by atoms with E-state index in [1.807, 2.05) is 20.8 Å². The molecule has 93 heavy (non-hydrogen) atoms. The summed E-state index contributed by atoms with van der Waals surface area (Å²) in [6, 6.07) is -4.37. The fourth-order valence-electron chi connectivity index (χ4n) is 13.8. The van der Waals surface area contributed by atoms with Gasteiger partial charge in [-0.25, -0.2) is 0 Å². The van der Waals surface area contributed by atoms with Crippen LogP contribution in [0.5, 0.6) is 0 Å². The van der Waals surface area contributed by atoms with Crippen LogP contribution in [-0.4, -0.2) is 228 Å². The van der Waals surface area contributed by atoms with Crippen LogP contribution in [0.15, 0.2) is 18.2 Å². The second-order valence-electron chi connectivity index (χ2n) is 27.8. The van der Waals surface area contributed by atoms with Gasteiger partial charge in [-0.2, -0.15) is 13.2 Å². The van der Waals surface area contributed by atoms with Gasteiger partial charge in [-0.1, -0.05) is 116 Å². The van der Waals surface area contributed by atoms with Crippen LogP contribution in [-0.2, 0) is 65.3 Å². The number of nitrogens with zero attached hydrogens (tertiary/aromatic N) is 8. The molecule has 6 rings (SSSR count). The lowest BCUT2D eigenvalue weighted by atomic mass is 9.80. The summed E-state index contributed by atoms with van der Waals surface area (Å²) in [5.74, 6) is -6.88. The van der Waals surface area contributed by atoms with Crippen molar-refractivity contribution < 1.29 is 65.9 Å². The van der Waals surface area contributed by atoms with E-state index < -0.39 is 155 Å². The molecule has 5 fully saturated rings. The lowest BCUT2D eigenvalue weighted by Gasteiger charge is -2.41. The van der Waals surface area contributed by atoms with Crippen LogP contribution in [0.25, 0.3) is 0 Å². The molecule has 5 aliphatic rings. The Morgan fingerprint density at radius 3 is 1.76 bits per heavy atom. The highest BCUT2D eigenvalue weighted by Crippen LogP contribution is 2.38. The molecule has 0 bridgehead atoms. The monoisotopic (exact) mass is 1330 g/mol. The number of amides is 11. The van der Waals surface area contributed by atoms with Gasteiger partial charge in [0, 0.05) is 68.3 Å². The summed E-state index contributed by atoms with van der Waals surface area (Å²) >= 11 is 6.13. The standard InChI is InChI=1S/C67H103ClF3N11O11/c1-13-42(4)58-64(92)77(8)39-56(85)75(6)40-57(86)80(11)52(36-44-21-15-14-16-22-44)62(90)76(7)38-54(83)72-49(29-27-46-26-28-47(48(68)35-46)67(69,70)71)61(89)82-32-20-25-50(82)60(88)74-66(30-17-18-31-66)65(93)81(12)53(37-45-23-19-24-45)63(91)78(9)43(5)34-55(84)79(10)51(33-41(2)3)59(87)73-58/h26,28,35,41-45,49-53,58H,13-25,27,29-34,36-40H2,1-12H3,(H,72,83)(H,73,87)(H,74,88)/t42-,43+,49-,50-,51-,52-,53-,58-/m0/s1. The first-order chi connectivity index (χ1) is 43.7. The first-order valence-electron chi connectivity index (χ1n) is 33.6. The number of hydrogen-bond acceptors (Lipinski definition) is 11. The maximum absolute atomic E-state index is 15.3. The molecular weight excluding hydrogens is 1230 g/mol. The van der Waals surface area contributed by atoms with Crippen molar-refractivity contribution in [3.05, 3.63) is 34.3 Å². The molecule has 3 saturated carbocycles. The quantitative estimate of drug-likeness (QED) is 0.230. The van der Waals surface area contributed by atoms with Gasteiger partial charge in [0.05, 0.1) is 30.2 Å². The van der Waals surface area contributed by atoms with Gasteiger partial charge in [0.25, 0.3) is 0 Å². The molecule has 1 aromatic carbocycles. The van der Waals surface area contributed by atoms with Crippen LogP contribution in [0.2, 0.25) is 5.02 Å². The van der Waals surface area contributed by atoms with Crippen LogP contribution >= 0.6 is 11.6 Å². The Bertz CT molecular complexity index is 2870. The van der Waals surface area contributed by atoms with Crippen molar-refractivity contribution in [2.45, 2.75) is 223 Å². The van der Waals surface area contributed by atoms with Gasteiger partial charge in [-0.15, -0.1) is 0 Å². The van der Waals surface area contributed by atoms with Crippen LogP contribution in [0, 0.1) is 23.7 Å². The molecule has 22 nitrogen and oxygen atoms in total. The van der Waals surface area contributed by atoms with Crippen molar-refractivity contribution in [2.75, 3.05) is 75.5 Å². The molecule has 1 aromatic rings. The Morgan fingerprint density at radius 1 is 0.613 bits per heavy atom. The van der Waals surface area contributed by atoms with Gasteiger partial charge in [0.1, 0.15) is 41.8 Å². The number of carbonyl (C=O) groups is 11. The fraction of sp³-hybridized carbons (Fsp3) is 0.746. The average molecular weight is 1330 g/mol. The van der Waals surface area contributed by atoms with E-state index in [9.17, 15) is 56.3 Å². The van der Waals surface area contributed by atoms with Gasteiger partial charge in [0.15, 0.2) is 0 Å². The average Bonchev–Trinajstić information content (AvgIpc) is 1.81. The van der Waals surface area contributed by atoms with E-state index >= 15 is 9.59 Å². The number of fused-ring (bicyclic) bond motifs is 1. The zero-order valence-corrected chi connectivity index (χ0v) is 57.6. The van der Waals surface area contributed by atoms with Gasteiger partial charge in [-0.05, 0) is 106 Å². The number of carbonyl (C=O) groups excluding carboxylic acids is 11. The molecule has 0 unspecified atom stereocenters. The van der Waals surface area contributed by atoms with Crippen LogP contribution in [0.1, 0.15) is 174 Å². The van der Waals surface area contributed by atoms with E-state index in [1.165, 1.54) is 70.7 Å². The Labute approximate surface area is 552 Å². The van der Waals surface area contributed by atoms with E-state index in [2.05, 4.69) is 16.0 Å². The third-order valence-corrected chi connectivity index (χ3v) is 20.8. The smallest absolute Gasteiger partial charge is 0.343 e. The van der Waals surface area contributed by atoms with Gasteiger partial charge in [-0.3, -0.25) is 52.7 Å². The van der Waals surface area contributed by atoms with E-state index in [1.54, 1.807) is 27.9 Å². The summed E-state index contributed by atoms with van der Waals surface area (Å²) in [6.45, 7) is 7.61. The molecular formula is C67H103ClF3N11O11. The van der Waals surface area contributed by atoms with Crippen molar-refractivity contribution >= 4 is 76.6 Å². The van der Waals surface area contributed by atoms with Gasteiger partial charge >= 0.3 is 6.18 Å². The molecule has 11 amide bonds. The Morgan fingerprint density at radius 2 is 1.19 bits per heavy atom. The number of alkyl halides is 3. The minimum Gasteiger partial charge on any atom is -0.343 e. The van der Waals surface area contributed by atoms with Crippen molar-refractivity contribution in [1.29, 1.82) is 0 Å². The minimum atomic E-state index is -4.74. The van der Waals surface area contributed by atoms with Gasteiger partial charge < -0.3 is 55.1 Å². The number of likely N-dealkylation sites (N-methyl/N-ethyl adjacent to an activating group) is 7. The number of nitrogens with one attached hydrogen (secondary N) is 3. The number of hydrogen-bond donors (Lipinski definition) is 3. The summed E-state index contributed by atoms with van der Waals surface area (Å²) < 4.78 is 41.4. The molecule has 1 spiro atoms. The van der Waals surface area contributed by atoms with Crippen LogP contribution < -0.4 is 16.0 Å². The summed E-state index contributed by atoms with van der Waals surface area (Å²) in [4.78, 5) is 171. The number of rotatable bonds is 11. The SMILES string of the molecule is CC[C@H](C)[C@@H]1NC(=O)[C@H](CC(C)C)N(C)C(=O)C[C@@H](C)N(C)C(=O)[C@H](CC2CCC2)N(C)C(=O)C2(CCCC2)NC(=O)[C@@H]2CCCN2C(=O)[C@H](CCc2ccc(C(F)(F)F)c(Cl)c2)NC(=O)CN(C)C(=O)[C@H](CC2CCCCC2)N(C)C(=O)CN(C)C(=O)CN(C)C1=O. The lowest BCUT2D eigenvalue weighted by Crippen LogP contribution is -2.64. The van der Waals surface area contributed by atoms with Crippen molar-refractivity contribution in [2.24, 2.45) is 23.7 Å². The normalized spacial score (nSPS) is 26.8. The Balaban J connectivity index is 1.37. The molecule has 26 heteroatoms. The van der Waals surface area contributed by atoms with E-state index in [-0.39, 0.29) is 75.7 Å². The highest BCUT2D eigenvalue weighted by Gasteiger charge is 2.50. The fourth-order valence-corrected chi connectivity index (χ4v) is 14.1. The molecule has 3 N–H and O–H groups in total. The Hall–Kier alpha value is -6.53. The zero-order chi connectivity index (χ0) is 69.0. The summed E-state index contributed by atoms with van der Waals surface area (Å²) in [5.41, 5.74) is -2.22. The molecule has 520 valence electrons. The first-order valence-corrected chi connectivity index (χ1v) is 33.9. The van der Waals surface area contributed by atoms with E-state index in [4.69, 9.17) is 11.6 Å². The third-order valence-electron chi connectivity index (χ3n) is 20.5. The summed E-state index contributed by atoms with van der Waals surface area (Å²) in [5, 5.41) is 8.17. The molecule has 8 atom stereocenters. The minimum absolute atomic E-state index is 0.0354. The van der Waals surface area contributed by atoms with Crippen LogP contribution in [0.4, 0.5) is 13.2 Å². The number of benzene rings is 1. The third kappa shape index (κ3) is 19.3. The predicted octanol–water partition coefficient (Wildman–Crippen LogP) is 6.04. The number of aryl methyl sites for hydroxylation is 1. The number of halogens is 4. The van der Waals surface area contributed by atoms with E-state index in [0.29, 0.717) is 37.7 Å². The maximum atomic E-state index is 15.3. The van der Waals surface area contributed by atoms with E-state index in [0.717, 1.165) is 73.3 Å². The molecule has 2 saturated heterocycles. The van der Waals surface area contributed by atoms with Crippen molar-refractivity contribution in [3.63, 3.8) is 0 Å². The second kappa shape index (κ2) is 33.2. The zero-order valence-electron chi connectivity index (χ0n) is 56.8. The van der Waals surface area contributed by atoms with Crippen molar-refractivity contribution in [3.8, 4) is 0 Å². The largest absolute Gasteiger partial charge is 0.417 e. The molecule has 2 aliphatic heterocycles. The lowest BCUT2D eigenvalue weighted by molar-refractivity contribution is -0.152. The second-order valence-corrected chi connectivity index (χ2v) is 28.2. The maximum Gasteiger partial charge on any atom is 0.417 e. The topological polar surface area (TPSA) is 250 Å². The van der Waals surface area contributed by atoms with Crippen LogP contribution in [0.3, 0.4) is 0 Å². The highest BCUT2D eigenvalue weighted by atomic mass is 35.5. The Kier molecular flexibility index (Phi) is 27.0. The first kappa shape index (κ1) is 75.5. The molecule has 3 aliphatic carbocycles. The summed E-state index contributed by atoms with van der Waals surface area (Å²) in [6.07, 6.45) is 5.19. The predicted molar refractivity (Wildman–Crippen MR) is 344 cm³/mol. The molecule has 0 aromatic heterocycles. The summed E-state index contributed by atoms with van der Waals surface area (Å²) in [7, 11) is 10.2. The van der Waals surface area contributed by atoms with Crippen molar-refractivity contribution in [1.82, 2.24) is 55.1 Å². The highest BCUT2D eigenvalue weighted by molar-refractivity contribution is 6.31. The molecule has 0 radical (unpaired) electrons.